The van der Waals surface area contributed by atoms with Gasteiger partial charge in [-0.3, -0.25) is 4.79 Å². The summed E-state index contributed by atoms with van der Waals surface area (Å²) in [7, 11) is 0. The van der Waals surface area contributed by atoms with Crippen molar-refractivity contribution < 1.29 is 9.90 Å². The maximum atomic E-state index is 12.0. The van der Waals surface area contributed by atoms with Gasteiger partial charge < -0.3 is 15.3 Å². The van der Waals surface area contributed by atoms with Crippen molar-refractivity contribution in [2.75, 3.05) is 26.2 Å². The molecule has 1 spiro atoms. The Labute approximate surface area is 89.6 Å². The van der Waals surface area contributed by atoms with Crippen molar-refractivity contribution in [1.29, 1.82) is 0 Å². The first-order valence-corrected chi connectivity index (χ1v) is 5.89. The van der Waals surface area contributed by atoms with E-state index < -0.39 is 0 Å². The molecule has 84 valence electrons. The largest absolute Gasteiger partial charge is 0.389 e. The molecule has 0 bridgehead atoms. The summed E-state index contributed by atoms with van der Waals surface area (Å²) >= 11 is 0. The number of aliphatic hydroxyl groups is 1. The van der Waals surface area contributed by atoms with E-state index in [2.05, 4.69) is 5.32 Å². The number of carbonyl (C=O) groups excluding carboxylic acids is 1. The van der Waals surface area contributed by atoms with Gasteiger partial charge in [0, 0.05) is 19.0 Å². The molecule has 1 aliphatic carbocycles. The third-order valence-electron chi connectivity index (χ3n) is 4.26. The Morgan fingerprint density at radius 3 is 2.60 bits per heavy atom. The summed E-state index contributed by atoms with van der Waals surface area (Å²) < 4.78 is 0. The van der Waals surface area contributed by atoms with Crippen LogP contribution in [0, 0.1) is 11.3 Å². The van der Waals surface area contributed by atoms with Gasteiger partial charge in [-0.15, -0.1) is 0 Å². The Bertz CT molecular complexity index is 280. The molecule has 0 aromatic heterocycles. The van der Waals surface area contributed by atoms with Crippen LogP contribution in [0.4, 0.5) is 0 Å². The average molecular weight is 210 g/mol. The number of amides is 1. The maximum Gasteiger partial charge on any atom is 0.226 e. The lowest BCUT2D eigenvalue weighted by Crippen LogP contribution is -2.54. The predicted molar refractivity (Wildman–Crippen MR) is 55.2 cm³/mol. The molecule has 2 saturated heterocycles. The van der Waals surface area contributed by atoms with Crippen molar-refractivity contribution in [1.82, 2.24) is 10.2 Å². The second-order valence-corrected chi connectivity index (χ2v) is 5.27. The zero-order valence-electron chi connectivity index (χ0n) is 8.91. The molecule has 2 N–H and O–H groups in total. The van der Waals surface area contributed by atoms with E-state index in [1.165, 1.54) is 0 Å². The van der Waals surface area contributed by atoms with E-state index in [0.717, 1.165) is 32.4 Å². The summed E-state index contributed by atoms with van der Waals surface area (Å²) in [6.07, 6.45) is 3.12. The zero-order valence-corrected chi connectivity index (χ0v) is 8.91. The highest BCUT2D eigenvalue weighted by atomic mass is 16.3. The van der Waals surface area contributed by atoms with Gasteiger partial charge in [0.25, 0.3) is 0 Å². The SMILES string of the molecule is O=C(C1CC12CCNCC2)N1CC(O)C1. The Balaban J connectivity index is 1.59. The van der Waals surface area contributed by atoms with Gasteiger partial charge in [0.2, 0.25) is 5.91 Å². The summed E-state index contributed by atoms with van der Waals surface area (Å²) in [4.78, 5) is 13.8. The standard InChI is InChI=1S/C11H18N2O2/c14-8-6-13(7-8)10(15)9-5-11(9)1-3-12-4-2-11/h8-9,12,14H,1-7H2. The van der Waals surface area contributed by atoms with Crippen LogP contribution in [0.2, 0.25) is 0 Å². The molecule has 3 aliphatic rings. The van der Waals surface area contributed by atoms with Crippen molar-refractivity contribution in [2.45, 2.75) is 25.4 Å². The van der Waals surface area contributed by atoms with Crippen LogP contribution in [0.15, 0.2) is 0 Å². The fourth-order valence-corrected chi connectivity index (χ4v) is 3.03. The lowest BCUT2D eigenvalue weighted by Gasteiger charge is -2.37. The Morgan fingerprint density at radius 1 is 1.33 bits per heavy atom. The lowest BCUT2D eigenvalue weighted by molar-refractivity contribution is -0.143. The van der Waals surface area contributed by atoms with E-state index in [-0.39, 0.29) is 12.0 Å². The van der Waals surface area contributed by atoms with Gasteiger partial charge in [0.15, 0.2) is 0 Å². The molecule has 0 radical (unpaired) electrons. The van der Waals surface area contributed by atoms with Gasteiger partial charge in [-0.1, -0.05) is 0 Å². The molecular formula is C11H18N2O2. The normalized spacial score (nSPS) is 33.9. The highest BCUT2D eigenvalue weighted by Gasteiger charge is 2.59. The van der Waals surface area contributed by atoms with Crippen LogP contribution >= 0.6 is 0 Å². The van der Waals surface area contributed by atoms with Crippen LogP contribution in [0.25, 0.3) is 0 Å². The zero-order chi connectivity index (χ0) is 10.5. The molecule has 0 aromatic carbocycles. The van der Waals surface area contributed by atoms with Crippen LogP contribution < -0.4 is 5.32 Å². The van der Waals surface area contributed by atoms with Crippen LogP contribution in [0.1, 0.15) is 19.3 Å². The number of piperidine rings is 1. The van der Waals surface area contributed by atoms with Crippen LogP contribution in [0.3, 0.4) is 0 Å². The minimum atomic E-state index is -0.267. The van der Waals surface area contributed by atoms with E-state index in [4.69, 9.17) is 5.11 Å². The number of hydrogen-bond acceptors (Lipinski definition) is 3. The third kappa shape index (κ3) is 1.47. The topological polar surface area (TPSA) is 52.6 Å². The fraction of sp³-hybridized carbons (Fsp3) is 0.909. The van der Waals surface area contributed by atoms with Gasteiger partial charge in [-0.2, -0.15) is 0 Å². The third-order valence-corrected chi connectivity index (χ3v) is 4.26. The van der Waals surface area contributed by atoms with E-state index in [9.17, 15) is 4.79 Å². The smallest absolute Gasteiger partial charge is 0.226 e. The second-order valence-electron chi connectivity index (χ2n) is 5.27. The average Bonchev–Trinajstić information content (AvgIpc) is 2.88. The molecule has 15 heavy (non-hydrogen) atoms. The number of carbonyl (C=O) groups is 1. The van der Waals surface area contributed by atoms with Crippen molar-refractivity contribution in [2.24, 2.45) is 11.3 Å². The second kappa shape index (κ2) is 3.19. The first-order chi connectivity index (χ1) is 7.21. The summed E-state index contributed by atoms with van der Waals surface area (Å²) in [5.41, 5.74) is 0.336. The Hall–Kier alpha value is -0.610. The van der Waals surface area contributed by atoms with Crippen molar-refractivity contribution >= 4 is 5.91 Å². The molecule has 1 saturated carbocycles. The molecule has 3 fully saturated rings. The van der Waals surface area contributed by atoms with Crippen molar-refractivity contribution in [3.63, 3.8) is 0 Å². The van der Waals surface area contributed by atoms with E-state index in [1.54, 1.807) is 0 Å². The summed E-state index contributed by atoms with van der Waals surface area (Å²) in [6.45, 7) is 3.24. The number of hydrogen-bond donors (Lipinski definition) is 2. The fourth-order valence-electron chi connectivity index (χ4n) is 3.03. The van der Waals surface area contributed by atoms with Crippen LogP contribution in [-0.2, 0) is 4.79 Å². The van der Waals surface area contributed by atoms with Gasteiger partial charge in [-0.25, -0.2) is 0 Å². The van der Waals surface area contributed by atoms with Crippen molar-refractivity contribution in [3.05, 3.63) is 0 Å². The molecule has 4 heteroatoms. The first-order valence-electron chi connectivity index (χ1n) is 5.89. The maximum absolute atomic E-state index is 12.0. The number of aliphatic hydroxyl groups excluding tert-OH is 1. The molecule has 1 atom stereocenters. The van der Waals surface area contributed by atoms with Gasteiger partial charge in [-0.05, 0) is 37.8 Å². The quantitative estimate of drug-likeness (QED) is 0.618. The number of rotatable bonds is 1. The number of nitrogens with one attached hydrogen (secondary N) is 1. The minimum Gasteiger partial charge on any atom is -0.389 e. The van der Waals surface area contributed by atoms with E-state index >= 15 is 0 Å². The highest BCUT2D eigenvalue weighted by Crippen LogP contribution is 2.59. The molecule has 1 amide bonds. The van der Waals surface area contributed by atoms with Gasteiger partial charge in [0.1, 0.15) is 0 Å². The van der Waals surface area contributed by atoms with E-state index in [1.807, 2.05) is 4.90 Å². The Morgan fingerprint density at radius 2 is 2.00 bits per heavy atom. The monoisotopic (exact) mass is 210 g/mol. The van der Waals surface area contributed by atoms with Crippen LogP contribution in [-0.4, -0.2) is 48.2 Å². The summed E-state index contributed by atoms with van der Waals surface area (Å²) in [6, 6.07) is 0. The molecule has 3 rings (SSSR count). The van der Waals surface area contributed by atoms with Crippen LogP contribution in [0.5, 0.6) is 0 Å². The molecule has 2 aliphatic heterocycles. The number of likely N-dealkylation sites (tertiary alicyclic amines) is 1. The highest BCUT2D eigenvalue weighted by molar-refractivity contribution is 5.83. The van der Waals surface area contributed by atoms with E-state index in [0.29, 0.717) is 24.4 Å². The summed E-state index contributed by atoms with van der Waals surface area (Å²) in [5.74, 6) is 0.564. The van der Waals surface area contributed by atoms with Crippen molar-refractivity contribution in [3.8, 4) is 0 Å². The molecule has 0 aromatic rings. The van der Waals surface area contributed by atoms with Gasteiger partial charge >= 0.3 is 0 Å². The molecule has 4 nitrogen and oxygen atoms in total. The minimum absolute atomic E-state index is 0.267. The predicted octanol–water partition coefficient (Wildman–Crippen LogP) is -0.421. The molecule has 2 heterocycles. The number of β-amino-alcohol motifs (C(OH)–C–C–N with tert-alkyl or cyclic N) is 1. The Kier molecular flexibility index (Phi) is 2.04. The summed E-state index contributed by atoms with van der Waals surface area (Å²) in [5, 5.41) is 12.5. The van der Waals surface area contributed by atoms with Gasteiger partial charge in [0.05, 0.1) is 6.10 Å². The number of nitrogens with zero attached hydrogens (tertiary/aromatic N) is 1. The first kappa shape index (κ1) is 9.60. The molecular weight excluding hydrogens is 192 g/mol. The molecule has 1 unspecified atom stereocenters. The lowest BCUT2D eigenvalue weighted by atomic mass is 9.91.